The van der Waals surface area contributed by atoms with E-state index in [1.807, 2.05) is 48.5 Å². The monoisotopic (exact) mass is 455 g/mol. The number of nitrogens with one attached hydrogen (secondary N) is 1. The number of nitrogens with zero attached hydrogens (tertiary/aromatic N) is 4. The second-order valence-electron chi connectivity index (χ2n) is 8.55. The van der Waals surface area contributed by atoms with Gasteiger partial charge in [-0.3, -0.25) is 19.4 Å². The number of fused-ring (bicyclic) bond motifs is 1. The number of anilines is 1. The maximum Gasteiger partial charge on any atom is 0.275 e. The van der Waals surface area contributed by atoms with E-state index in [2.05, 4.69) is 10.3 Å². The molecule has 0 spiro atoms. The summed E-state index contributed by atoms with van der Waals surface area (Å²) in [6.07, 6.45) is 6.93. The Bertz CT molecular complexity index is 1500. The van der Waals surface area contributed by atoms with Crippen LogP contribution >= 0.6 is 0 Å². The van der Waals surface area contributed by atoms with Gasteiger partial charge in [0.05, 0.1) is 0 Å². The maximum absolute atomic E-state index is 13.0. The molecule has 1 aliphatic heterocycles. The van der Waals surface area contributed by atoms with Crippen molar-refractivity contribution in [3.8, 4) is 22.3 Å². The topological polar surface area (TPSA) is 89.2 Å². The van der Waals surface area contributed by atoms with Gasteiger partial charge in [-0.15, -0.1) is 0 Å². The molecule has 3 aromatic heterocycles. The number of amides is 2. The normalized spacial score (nSPS) is 13.6. The molecule has 0 aliphatic carbocycles. The van der Waals surface area contributed by atoms with Crippen LogP contribution in [-0.4, -0.2) is 39.5 Å². The molecule has 1 fully saturated rings. The minimum atomic E-state index is -0.320. The smallest absolute Gasteiger partial charge is 0.275 e. The summed E-state index contributed by atoms with van der Waals surface area (Å²) in [7, 11) is 4.96. The summed E-state index contributed by atoms with van der Waals surface area (Å²) in [6.45, 7) is 0.758. The molecule has 1 aliphatic rings. The zero-order chi connectivity index (χ0) is 24.0. The molecule has 0 atom stereocenters. The summed E-state index contributed by atoms with van der Waals surface area (Å²) in [6, 6.07) is 11.7. The van der Waals surface area contributed by atoms with Crippen LogP contribution in [0.15, 0.2) is 59.8 Å². The van der Waals surface area contributed by atoms with Crippen LogP contribution < -0.4 is 15.8 Å². The van der Waals surface area contributed by atoms with Crippen molar-refractivity contribution in [1.29, 1.82) is 0 Å². The van der Waals surface area contributed by atoms with E-state index in [1.165, 1.54) is 4.57 Å². The predicted molar refractivity (Wildman–Crippen MR) is 132 cm³/mol. The fourth-order valence-corrected chi connectivity index (χ4v) is 4.64. The van der Waals surface area contributed by atoms with Crippen LogP contribution in [0, 0.1) is 0 Å². The molecule has 0 radical (unpaired) electrons. The van der Waals surface area contributed by atoms with E-state index < -0.39 is 0 Å². The van der Waals surface area contributed by atoms with E-state index in [4.69, 9.17) is 0 Å². The van der Waals surface area contributed by atoms with Crippen molar-refractivity contribution in [3.05, 3.63) is 71.0 Å². The van der Waals surface area contributed by atoms with Gasteiger partial charge in [-0.25, -0.2) is 0 Å². The summed E-state index contributed by atoms with van der Waals surface area (Å²) < 4.78 is 3.15. The first-order chi connectivity index (χ1) is 16.4. The van der Waals surface area contributed by atoms with Crippen LogP contribution in [0.5, 0.6) is 0 Å². The lowest BCUT2D eigenvalue weighted by Gasteiger charge is -2.16. The summed E-state index contributed by atoms with van der Waals surface area (Å²) in [5.41, 5.74) is 5.06. The standard InChI is InChI=1S/C26H25N5O3/c1-27-25(33)22-12-20-21(15-29(2)24(20)26(34)30(22)3)18-11-17(13-28-14-18)16-6-8-19(9-7-16)31-10-4-5-23(31)32/h6-9,11-15H,4-5,10H2,1-3H3,(H,27,33). The van der Waals surface area contributed by atoms with Gasteiger partial charge in [0.15, 0.2) is 0 Å². The van der Waals surface area contributed by atoms with Gasteiger partial charge in [-0.2, -0.15) is 0 Å². The van der Waals surface area contributed by atoms with Crippen molar-refractivity contribution in [2.75, 3.05) is 18.5 Å². The van der Waals surface area contributed by atoms with Crippen LogP contribution in [0.1, 0.15) is 23.3 Å². The van der Waals surface area contributed by atoms with Crippen LogP contribution in [0.2, 0.25) is 0 Å². The molecular weight excluding hydrogens is 430 g/mol. The molecule has 8 nitrogen and oxygen atoms in total. The van der Waals surface area contributed by atoms with E-state index in [0.29, 0.717) is 23.0 Å². The number of pyridine rings is 2. The Balaban J connectivity index is 1.58. The lowest BCUT2D eigenvalue weighted by molar-refractivity contribution is -0.117. The zero-order valence-corrected chi connectivity index (χ0v) is 19.3. The van der Waals surface area contributed by atoms with Gasteiger partial charge in [0, 0.05) is 80.5 Å². The van der Waals surface area contributed by atoms with Crippen molar-refractivity contribution in [1.82, 2.24) is 19.4 Å². The summed E-state index contributed by atoms with van der Waals surface area (Å²) in [5, 5.41) is 3.30. The molecule has 5 rings (SSSR count). The Morgan fingerprint density at radius 1 is 1.00 bits per heavy atom. The SMILES string of the molecule is CNC(=O)c1cc2c(-c3cncc(-c4ccc(N5CCCC5=O)cc4)c3)cn(C)c2c(=O)n1C. The summed E-state index contributed by atoms with van der Waals surface area (Å²) in [5.74, 6) is -0.158. The molecule has 1 saturated heterocycles. The first-order valence-corrected chi connectivity index (χ1v) is 11.2. The number of aryl methyl sites for hydroxylation is 1. The summed E-state index contributed by atoms with van der Waals surface area (Å²) >= 11 is 0. The number of benzene rings is 1. The first-order valence-electron chi connectivity index (χ1n) is 11.2. The van der Waals surface area contributed by atoms with Crippen molar-refractivity contribution in [3.63, 3.8) is 0 Å². The average molecular weight is 456 g/mol. The number of carbonyl (C=O) groups is 2. The average Bonchev–Trinajstić information content (AvgIpc) is 3.43. The lowest BCUT2D eigenvalue weighted by atomic mass is 10.0. The Kier molecular flexibility index (Phi) is 5.28. The van der Waals surface area contributed by atoms with Gasteiger partial charge < -0.3 is 19.4 Å². The highest BCUT2D eigenvalue weighted by Crippen LogP contribution is 2.32. The minimum absolute atomic E-state index is 0.162. The highest BCUT2D eigenvalue weighted by Gasteiger charge is 2.22. The molecule has 4 aromatic rings. The Labute approximate surface area is 196 Å². The van der Waals surface area contributed by atoms with Gasteiger partial charge in [0.2, 0.25) is 5.91 Å². The van der Waals surface area contributed by atoms with Crippen LogP contribution in [-0.2, 0) is 18.9 Å². The number of aromatic nitrogens is 3. The van der Waals surface area contributed by atoms with Crippen molar-refractivity contribution < 1.29 is 9.59 Å². The van der Waals surface area contributed by atoms with Crippen LogP contribution in [0.3, 0.4) is 0 Å². The molecule has 1 N–H and O–H groups in total. The number of hydrogen-bond acceptors (Lipinski definition) is 4. The molecule has 34 heavy (non-hydrogen) atoms. The largest absolute Gasteiger partial charge is 0.354 e. The lowest BCUT2D eigenvalue weighted by Crippen LogP contribution is -2.29. The van der Waals surface area contributed by atoms with Gasteiger partial charge in [0.25, 0.3) is 11.5 Å². The van der Waals surface area contributed by atoms with Gasteiger partial charge >= 0.3 is 0 Å². The van der Waals surface area contributed by atoms with Crippen molar-refractivity contribution in [2.45, 2.75) is 12.8 Å². The van der Waals surface area contributed by atoms with Crippen LogP contribution in [0.4, 0.5) is 5.69 Å². The van der Waals surface area contributed by atoms with E-state index >= 15 is 0 Å². The second kappa shape index (κ2) is 8.30. The fourth-order valence-electron chi connectivity index (χ4n) is 4.64. The third-order valence-electron chi connectivity index (χ3n) is 6.47. The fraction of sp³-hybridized carbons (Fsp3) is 0.231. The van der Waals surface area contributed by atoms with E-state index in [-0.39, 0.29) is 17.4 Å². The summed E-state index contributed by atoms with van der Waals surface area (Å²) in [4.78, 5) is 43.7. The second-order valence-corrected chi connectivity index (χ2v) is 8.55. The highest BCUT2D eigenvalue weighted by atomic mass is 16.2. The minimum Gasteiger partial charge on any atom is -0.354 e. The van der Waals surface area contributed by atoms with Gasteiger partial charge in [-0.05, 0) is 36.2 Å². The number of rotatable bonds is 4. The van der Waals surface area contributed by atoms with E-state index in [1.54, 1.807) is 37.1 Å². The Hall–Kier alpha value is -4.20. The molecule has 172 valence electrons. The molecule has 2 amide bonds. The number of carbonyl (C=O) groups excluding carboxylic acids is 2. The molecular formula is C26H25N5O3. The van der Waals surface area contributed by atoms with E-state index in [9.17, 15) is 14.4 Å². The van der Waals surface area contributed by atoms with Gasteiger partial charge in [0.1, 0.15) is 11.2 Å². The molecule has 0 bridgehead atoms. The van der Waals surface area contributed by atoms with Crippen molar-refractivity contribution >= 4 is 28.4 Å². The van der Waals surface area contributed by atoms with Crippen molar-refractivity contribution in [2.24, 2.45) is 14.1 Å². The molecule has 1 aromatic carbocycles. The molecule has 0 saturated carbocycles. The number of hydrogen-bond donors (Lipinski definition) is 1. The third kappa shape index (κ3) is 3.48. The highest BCUT2D eigenvalue weighted by molar-refractivity contribution is 6.01. The Morgan fingerprint density at radius 3 is 2.41 bits per heavy atom. The van der Waals surface area contributed by atoms with Crippen LogP contribution in [0.25, 0.3) is 33.2 Å². The van der Waals surface area contributed by atoms with E-state index in [0.717, 1.165) is 40.9 Å². The molecule has 4 heterocycles. The van der Waals surface area contributed by atoms with Gasteiger partial charge in [-0.1, -0.05) is 12.1 Å². The quantitative estimate of drug-likeness (QED) is 0.512. The molecule has 8 heteroatoms. The third-order valence-corrected chi connectivity index (χ3v) is 6.47. The Morgan fingerprint density at radius 2 is 1.74 bits per heavy atom. The maximum atomic E-state index is 13.0. The molecule has 0 unspecified atom stereocenters. The predicted octanol–water partition coefficient (Wildman–Crippen LogP) is 3.09. The zero-order valence-electron chi connectivity index (χ0n) is 19.3. The first kappa shape index (κ1) is 21.6.